The van der Waals surface area contributed by atoms with Crippen LogP contribution >= 0.6 is 0 Å². The van der Waals surface area contributed by atoms with Crippen molar-refractivity contribution in [3.05, 3.63) is 65.4 Å². The molecule has 0 atom stereocenters. The number of amides is 2. The maximum absolute atomic E-state index is 12.8. The van der Waals surface area contributed by atoms with Gasteiger partial charge in [-0.3, -0.25) is 14.8 Å². The highest BCUT2D eigenvalue weighted by Crippen LogP contribution is 2.29. The van der Waals surface area contributed by atoms with Gasteiger partial charge in [0.1, 0.15) is 0 Å². The van der Waals surface area contributed by atoms with Gasteiger partial charge in [0, 0.05) is 23.8 Å². The van der Waals surface area contributed by atoms with E-state index >= 15 is 0 Å². The van der Waals surface area contributed by atoms with Crippen molar-refractivity contribution in [2.24, 2.45) is 0 Å². The van der Waals surface area contributed by atoms with Crippen LogP contribution in [-0.2, 0) is 24.2 Å². The van der Waals surface area contributed by atoms with E-state index in [0.29, 0.717) is 11.3 Å². The summed E-state index contributed by atoms with van der Waals surface area (Å²) in [5, 5.41) is 12.5. The Kier molecular flexibility index (Phi) is 4.18. The van der Waals surface area contributed by atoms with E-state index in [1.807, 2.05) is 18.3 Å². The summed E-state index contributed by atoms with van der Waals surface area (Å²) in [6, 6.07) is 13.1. The van der Waals surface area contributed by atoms with E-state index in [-0.39, 0.29) is 12.3 Å². The lowest BCUT2D eigenvalue weighted by molar-refractivity contribution is -0.128. The molecule has 0 aliphatic carbocycles. The summed E-state index contributed by atoms with van der Waals surface area (Å²) in [5.41, 5.74) is 6.14. The second-order valence-electron chi connectivity index (χ2n) is 6.52. The first kappa shape index (κ1) is 16.4. The maximum Gasteiger partial charge on any atom is 0.257 e. The highest BCUT2D eigenvalue weighted by Gasteiger charge is 2.19. The highest BCUT2D eigenvalue weighted by atomic mass is 16.5. The van der Waals surface area contributed by atoms with Gasteiger partial charge in [-0.15, -0.1) is 0 Å². The highest BCUT2D eigenvalue weighted by molar-refractivity contribution is 6.13. The number of carbonyl (C=O) groups is 2. The summed E-state index contributed by atoms with van der Waals surface area (Å²) < 4.78 is 2.17. The summed E-state index contributed by atoms with van der Waals surface area (Å²) in [7, 11) is 0. The number of benzene rings is 2. The third-order valence-electron chi connectivity index (χ3n) is 4.77. The van der Waals surface area contributed by atoms with Crippen molar-refractivity contribution in [3.63, 3.8) is 0 Å². The van der Waals surface area contributed by atoms with Crippen LogP contribution in [-0.4, -0.2) is 21.6 Å². The normalized spacial score (nSPS) is 12.8. The molecule has 4 rings (SSSR count). The monoisotopic (exact) mass is 349 g/mol. The van der Waals surface area contributed by atoms with Crippen LogP contribution in [0.3, 0.4) is 0 Å². The predicted octanol–water partition coefficient (Wildman–Crippen LogP) is 2.89. The summed E-state index contributed by atoms with van der Waals surface area (Å²) in [4.78, 5) is 24.0. The van der Waals surface area contributed by atoms with Gasteiger partial charge in [0.25, 0.3) is 5.91 Å². The molecule has 6 heteroatoms. The molecule has 6 nitrogen and oxygen atoms in total. The van der Waals surface area contributed by atoms with Crippen LogP contribution in [0.15, 0.2) is 48.7 Å². The molecule has 132 valence electrons. The number of hydrogen-bond donors (Lipinski definition) is 3. The van der Waals surface area contributed by atoms with Crippen molar-refractivity contribution in [2.45, 2.75) is 25.8 Å². The molecular weight excluding hydrogens is 330 g/mol. The Labute approximate surface area is 150 Å². The molecule has 2 aromatic carbocycles. The molecule has 0 spiro atoms. The lowest BCUT2D eigenvalue weighted by Gasteiger charge is -2.14. The van der Waals surface area contributed by atoms with Gasteiger partial charge in [0.05, 0.1) is 17.5 Å². The Bertz CT molecular complexity index is 989. The minimum absolute atomic E-state index is 0.0843. The second-order valence-corrected chi connectivity index (χ2v) is 6.52. The van der Waals surface area contributed by atoms with Crippen molar-refractivity contribution >= 4 is 28.4 Å². The van der Waals surface area contributed by atoms with E-state index in [9.17, 15) is 9.59 Å². The summed E-state index contributed by atoms with van der Waals surface area (Å²) in [6.07, 6.45) is 4.15. The zero-order valence-corrected chi connectivity index (χ0v) is 14.2. The molecule has 3 aromatic rings. The third kappa shape index (κ3) is 2.95. The summed E-state index contributed by atoms with van der Waals surface area (Å²) >= 11 is 0. The van der Waals surface area contributed by atoms with Gasteiger partial charge in [-0.1, -0.05) is 30.3 Å². The van der Waals surface area contributed by atoms with Crippen LogP contribution in [0.1, 0.15) is 27.9 Å². The number of rotatable bonds is 4. The van der Waals surface area contributed by atoms with Gasteiger partial charge < -0.3 is 9.88 Å². The number of hydrogen-bond acceptors (Lipinski definition) is 3. The molecule has 0 bridgehead atoms. The number of nitrogens with zero attached hydrogens (tertiary/aromatic N) is 1. The first-order chi connectivity index (χ1) is 12.7. The molecule has 2 heterocycles. The van der Waals surface area contributed by atoms with Gasteiger partial charge in [0.15, 0.2) is 0 Å². The number of nitrogens with one attached hydrogen (secondary N) is 2. The number of aromatic nitrogens is 1. The van der Waals surface area contributed by atoms with Gasteiger partial charge in [0.2, 0.25) is 5.91 Å². The summed E-state index contributed by atoms with van der Waals surface area (Å²) in [5.74, 6) is -0.621. The molecular formula is C20H19N3O3. The fourth-order valence-electron chi connectivity index (χ4n) is 3.57. The van der Waals surface area contributed by atoms with Gasteiger partial charge in [-0.25, -0.2) is 5.48 Å². The van der Waals surface area contributed by atoms with Crippen LogP contribution in [0.5, 0.6) is 0 Å². The molecule has 1 aromatic heterocycles. The lowest BCUT2D eigenvalue weighted by Crippen LogP contribution is -2.20. The molecule has 1 aliphatic rings. The predicted molar refractivity (Wildman–Crippen MR) is 98.3 cm³/mol. The fourth-order valence-corrected chi connectivity index (χ4v) is 3.57. The van der Waals surface area contributed by atoms with Crippen LogP contribution in [0.2, 0.25) is 0 Å². The quantitative estimate of drug-likeness (QED) is 0.500. The van der Waals surface area contributed by atoms with Crippen molar-refractivity contribution < 1.29 is 14.8 Å². The van der Waals surface area contributed by atoms with Gasteiger partial charge in [-0.2, -0.15) is 0 Å². The van der Waals surface area contributed by atoms with Crippen LogP contribution in [0.25, 0.3) is 10.9 Å². The van der Waals surface area contributed by atoms with E-state index in [1.165, 1.54) is 5.56 Å². The number of anilines is 1. The number of aryl methyl sites for hydroxylation is 2. The Morgan fingerprint density at radius 3 is 2.69 bits per heavy atom. The maximum atomic E-state index is 12.8. The lowest BCUT2D eigenvalue weighted by atomic mass is 10.0. The zero-order chi connectivity index (χ0) is 18.1. The van der Waals surface area contributed by atoms with Gasteiger partial charge >= 0.3 is 0 Å². The molecule has 26 heavy (non-hydrogen) atoms. The van der Waals surface area contributed by atoms with Crippen LogP contribution in [0.4, 0.5) is 5.69 Å². The number of carbonyl (C=O) groups excluding carboxylic acids is 2. The van der Waals surface area contributed by atoms with Gasteiger partial charge in [-0.05, 0) is 36.1 Å². The molecule has 1 aliphatic heterocycles. The second kappa shape index (κ2) is 6.65. The van der Waals surface area contributed by atoms with Crippen molar-refractivity contribution in [2.75, 3.05) is 5.32 Å². The summed E-state index contributed by atoms with van der Waals surface area (Å²) in [6.45, 7) is 0.933. The first-order valence-electron chi connectivity index (χ1n) is 8.59. The smallest absolute Gasteiger partial charge is 0.257 e. The van der Waals surface area contributed by atoms with Crippen molar-refractivity contribution in [3.8, 4) is 0 Å². The Morgan fingerprint density at radius 2 is 1.92 bits per heavy atom. The average molecular weight is 349 g/mol. The molecule has 0 radical (unpaired) electrons. The average Bonchev–Trinajstić information content (AvgIpc) is 3.04. The molecule has 0 saturated heterocycles. The molecule has 0 fully saturated rings. The Hall–Kier alpha value is -3.12. The zero-order valence-electron chi connectivity index (χ0n) is 14.2. The van der Waals surface area contributed by atoms with E-state index in [0.717, 1.165) is 35.9 Å². The topological polar surface area (TPSA) is 83.4 Å². The first-order valence-corrected chi connectivity index (χ1v) is 8.59. The van der Waals surface area contributed by atoms with E-state index in [4.69, 9.17) is 5.21 Å². The van der Waals surface area contributed by atoms with Crippen molar-refractivity contribution in [1.82, 2.24) is 10.0 Å². The van der Waals surface area contributed by atoms with E-state index in [2.05, 4.69) is 16.0 Å². The molecule has 0 saturated carbocycles. The number of hydroxylamine groups is 1. The van der Waals surface area contributed by atoms with E-state index < -0.39 is 5.91 Å². The molecule has 3 N–H and O–H groups in total. The van der Waals surface area contributed by atoms with Crippen molar-refractivity contribution in [1.29, 1.82) is 0 Å². The minimum atomic E-state index is -0.476. The van der Waals surface area contributed by atoms with Crippen LogP contribution in [0, 0.1) is 0 Å². The third-order valence-corrected chi connectivity index (χ3v) is 4.77. The largest absolute Gasteiger partial charge is 0.346 e. The standard InChI is InChI=1S/C20H19N3O3/c24-18(22-26)11-13-6-8-15(9-7-13)21-20(25)17-12-23-10-2-4-14-3-1-5-16(17)19(14)23/h1,3,5-9,12,26H,2,4,10-11H2,(H,21,25)(H,22,24). The molecule has 0 unspecified atom stereocenters. The molecule has 2 amide bonds. The SMILES string of the molecule is O=C(Cc1ccc(NC(=O)c2cn3c4c(cccc24)CCC3)cc1)NO. The minimum Gasteiger partial charge on any atom is -0.346 e. The number of para-hydroxylation sites is 1. The Morgan fingerprint density at radius 1 is 1.12 bits per heavy atom. The Balaban J connectivity index is 1.57. The van der Waals surface area contributed by atoms with Crippen LogP contribution < -0.4 is 10.8 Å². The fraction of sp³-hybridized carbons (Fsp3) is 0.200. The van der Waals surface area contributed by atoms with E-state index in [1.54, 1.807) is 29.7 Å².